The third-order valence-electron chi connectivity index (χ3n) is 2.72. The Morgan fingerprint density at radius 3 is 2.30 bits per heavy atom. The first-order valence-electron chi connectivity index (χ1n) is 5.68. The maximum atomic E-state index is 12.3. The van der Waals surface area contributed by atoms with Crippen LogP contribution in [-0.2, 0) is 10.0 Å². The fourth-order valence-electron chi connectivity index (χ4n) is 1.63. The Balaban J connectivity index is 2.52. The van der Waals surface area contributed by atoms with Crippen LogP contribution in [0.15, 0.2) is 35.4 Å². The molecule has 0 bridgehead atoms. The van der Waals surface area contributed by atoms with Crippen LogP contribution < -0.4 is 10.2 Å². The first-order chi connectivity index (χ1) is 9.36. The average Bonchev–Trinajstić information content (AvgIpc) is 2.84. The minimum Gasteiger partial charge on any atom is -0.480 e. The molecule has 0 amide bonds. The molecule has 0 spiro atoms. The second kappa shape index (κ2) is 5.27. The highest BCUT2D eigenvalue weighted by molar-refractivity contribution is 7.89. The Bertz CT molecular complexity index is 709. The summed E-state index contributed by atoms with van der Waals surface area (Å²) in [6.45, 7) is 1.84. The number of benzene rings is 1. The maximum absolute atomic E-state index is 12.3. The van der Waals surface area contributed by atoms with Gasteiger partial charge in [-0.3, -0.25) is 0 Å². The predicted molar refractivity (Wildman–Crippen MR) is 72.4 cm³/mol. The summed E-state index contributed by atoms with van der Waals surface area (Å²) in [7, 11) is -4.51. The zero-order valence-electron chi connectivity index (χ0n) is 10.9. The number of aromatic nitrogens is 2. The highest BCUT2D eigenvalue weighted by atomic mass is 32.2. The van der Waals surface area contributed by atoms with Crippen LogP contribution in [0, 0.1) is 6.92 Å². The lowest BCUT2D eigenvalue weighted by Crippen LogP contribution is -2.30. The molecule has 0 unspecified atom stereocenters. The number of rotatable bonds is 4. The van der Waals surface area contributed by atoms with Crippen molar-refractivity contribution in [2.75, 3.05) is 7.11 Å². The summed E-state index contributed by atoms with van der Waals surface area (Å²) in [5.41, 5.74) is 0.802. The highest BCUT2D eigenvalue weighted by Crippen LogP contribution is 2.15. The van der Waals surface area contributed by atoms with Crippen LogP contribution in [0.2, 0.25) is 0 Å². The fourth-order valence-corrected chi connectivity index (χ4v) is 2.76. The molecule has 9 heteroatoms. The van der Waals surface area contributed by atoms with Gasteiger partial charge in [0.1, 0.15) is 0 Å². The van der Waals surface area contributed by atoms with E-state index in [4.69, 9.17) is 14.8 Å². The Morgan fingerprint density at radius 1 is 1.25 bits per heavy atom. The Kier molecular flexibility index (Phi) is 3.84. The highest BCUT2D eigenvalue weighted by Gasteiger charge is 2.26. The molecule has 0 saturated carbocycles. The monoisotopic (exact) mass is 296 g/mol. The molecule has 7 nitrogen and oxygen atoms in total. The Morgan fingerprint density at radius 2 is 1.85 bits per heavy atom. The summed E-state index contributed by atoms with van der Waals surface area (Å²) in [5.74, 6) is -0.157. The molecule has 0 saturated heterocycles. The van der Waals surface area contributed by atoms with Crippen molar-refractivity contribution in [1.29, 1.82) is 0 Å². The summed E-state index contributed by atoms with van der Waals surface area (Å²) >= 11 is 0. The zero-order valence-corrected chi connectivity index (χ0v) is 11.7. The van der Waals surface area contributed by atoms with Gasteiger partial charge in [0.25, 0.3) is 10.0 Å². The molecule has 0 aliphatic heterocycles. The third kappa shape index (κ3) is 2.55. The van der Waals surface area contributed by atoms with Gasteiger partial charge in [-0.05, 0) is 19.1 Å². The van der Waals surface area contributed by atoms with Crippen molar-refractivity contribution in [3.05, 3.63) is 36.0 Å². The molecule has 1 aromatic carbocycles. The molecular formula is C11H13BN2O5S. The van der Waals surface area contributed by atoms with E-state index in [9.17, 15) is 8.42 Å². The normalized spacial score (nSPS) is 11.4. The zero-order chi connectivity index (χ0) is 14.9. The van der Waals surface area contributed by atoms with E-state index in [1.807, 2.05) is 6.92 Å². The Hall–Kier alpha value is -1.84. The van der Waals surface area contributed by atoms with Gasteiger partial charge in [-0.1, -0.05) is 17.7 Å². The van der Waals surface area contributed by atoms with Crippen molar-refractivity contribution in [2.24, 2.45) is 0 Å². The van der Waals surface area contributed by atoms with E-state index in [-0.39, 0.29) is 16.2 Å². The van der Waals surface area contributed by atoms with Crippen LogP contribution in [0.1, 0.15) is 5.56 Å². The van der Waals surface area contributed by atoms with Gasteiger partial charge in [0.05, 0.1) is 17.5 Å². The molecule has 2 aromatic rings. The van der Waals surface area contributed by atoms with Gasteiger partial charge in [-0.25, -0.2) is 0 Å². The average molecular weight is 296 g/mol. The fraction of sp³-hybridized carbons (Fsp3) is 0.182. The molecule has 1 aromatic heterocycles. The van der Waals surface area contributed by atoms with Crippen LogP contribution in [0.25, 0.3) is 0 Å². The van der Waals surface area contributed by atoms with Crippen molar-refractivity contribution >= 4 is 22.6 Å². The first kappa shape index (κ1) is 14.6. The second-order valence-electron chi connectivity index (χ2n) is 4.16. The Labute approximate surface area is 116 Å². The third-order valence-corrected chi connectivity index (χ3v) is 4.27. The summed E-state index contributed by atoms with van der Waals surface area (Å²) in [4.78, 5) is 0.0484. The number of nitrogens with zero attached hydrogens (tertiary/aromatic N) is 2. The van der Waals surface area contributed by atoms with Crippen molar-refractivity contribution in [3.8, 4) is 5.88 Å². The van der Waals surface area contributed by atoms with E-state index < -0.39 is 17.1 Å². The largest absolute Gasteiger partial charge is 0.495 e. The predicted octanol–water partition coefficient (Wildman–Crippen LogP) is -0.883. The molecule has 2 N–H and O–H groups in total. The molecule has 106 valence electrons. The molecule has 20 heavy (non-hydrogen) atoms. The lowest BCUT2D eigenvalue weighted by Gasteiger charge is -2.04. The van der Waals surface area contributed by atoms with Crippen molar-refractivity contribution in [3.63, 3.8) is 0 Å². The van der Waals surface area contributed by atoms with E-state index in [1.165, 1.54) is 19.2 Å². The van der Waals surface area contributed by atoms with E-state index >= 15 is 0 Å². The van der Waals surface area contributed by atoms with Crippen molar-refractivity contribution < 1.29 is 23.2 Å². The van der Waals surface area contributed by atoms with Crippen LogP contribution >= 0.6 is 0 Å². The van der Waals surface area contributed by atoms with Crippen molar-refractivity contribution in [1.82, 2.24) is 9.19 Å². The van der Waals surface area contributed by atoms with Gasteiger partial charge in [-0.15, -0.1) is 5.10 Å². The van der Waals surface area contributed by atoms with Gasteiger partial charge in [0, 0.05) is 6.20 Å². The number of methoxy groups -OCH3 is 1. The number of aryl methyl sites for hydroxylation is 1. The molecular weight excluding hydrogens is 283 g/mol. The van der Waals surface area contributed by atoms with Gasteiger partial charge in [0.15, 0.2) is 0 Å². The van der Waals surface area contributed by atoms with Gasteiger partial charge >= 0.3 is 7.12 Å². The van der Waals surface area contributed by atoms with Gasteiger partial charge < -0.3 is 14.8 Å². The summed E-state index contributed by atoms with van der Waals surface area (Å²) < 4.78 is 30.1. The van der Waals surface area contributed by atoms with Crippen LogP contribution in [0.5, 0.6) is 5.88 Å². The minimum atomic E-state index is -3.90. The molecule has 2 rings (SSSR count). The maximum Gasteiger partial charge on any atom is 0.495 e. The molecule has 0 fully saturated rings. The topological polar surface area (TPSA) is 102 Å². The van der Waals surface area contributed by atoms with Crippen molar-refractivity contribution in [2.45, 2.75) is 11.8 Å². The molecule has 0 radical (unpaired) electrons. The number of hydrogen-bond donors (Lipinski definition) is 2. The van der Waals surface area contributed by atoms with E-state index in [0.29, 0.717) is 4.09 Å². The van der Waals surface area contributed by atoms with E-state index in [2.05, 4.69) is 5.10 Å². The molecule has 1 heterocycles. The van der Waals surface area contributed by atoms with Crippen LogP contribution in [0.3, 0.4) is 0 Å². The lowest BCUT2D eigenvalue weighted by atomic mass is 9.83. The smallest absolute Gasteiger partial charge is 0.480 e. The minimum absolute atomic E-state index is 0.0484. The number of hydrogen-bond acceptors (Lipinski definition) is 6. The van der Waals surface area contributed by atoms with Crippen LogP contribution in [0.4, 0.5) is 0 Å². The van der Waals surface area contributed by atoms with Gasteiger partial charge in [0.2, 0.25) is 5.88 Å². The summed E-state index contributed by atoms with van der Waals surface area (Å²) in [5, 5.41) is 22.0. The standard InChI is InChI=1S/C11H13BN2O5S/c1-8-3-5-9(6-4-8)20(17,18)14-7-10(12(15)16)11(13-14)19-2/h3-7,15-16H,1-2H3. The molecule has 0 aliphatic rings. The number of ether oxygens (including phenoxy) is 1. The molecule has 0 atom stereocenters. The second-order valence-corrected chi connectivity index (χ2v) is 5.95. The SMILES string of the molecule is COc1nn(S(=O)(=O)c2ccc(C)cc2)cc1B(O)O. The first-order valence-corrected chi connectivity index (χ1v) is 7.12. The molecule has 0 aliphatic carbocycles. The van der Waals surface area contributed by atoms with E-state index in [1.54, 1.807) is 12.1 Å². The van der Waals surface area contributed by atoms with Crippen LogP contribution in [-0.4, -0.2) is 41.9 Å². The lowest BCUT2D eigenvalue weighted by molar-refractivity contribution is 0.389. The summed E-state index contributed by atoms with van der Waals surface area (Å²) in [6.07, 6.45) is 1.01. The summed E-state index contributed by atoms with van der Waals surface area (Å²) in [6, 6.07) is 6.23. The van der Waals surface area contributed by atoms with Gasteiger partial charge in [-0.2, -0.15) is 12.5 Å². The quantitative estimate of drug-likeness (QED) is 0.710. The van der Waals surface area contributed by atoms with E-state index in [0.717, 1.165) is 11.8 Å².